The van der Waals surface area contributed by atoms with Crippen molar-refractivity contribution in [2.24, 2.45) is 0 Å². The molecule has 0 saturated heterocycles. The molecule has 9 heteroatoms. The van der Waals surface area contributed by atoms with E-state index in [1.807, 2.05) is 0 Å². The molecule has 0 aliphatic carbocycles. The lowest BCUT2D eigenvalue weighted by molar-refractivity contribution is 0.262. The van der Waals surface area contributed by atoms with E-state index in [0.717, 1.165) is 0 Å². The Kier molecular flexibility index (Phi) is 4.75. The fraction of sp³-hybridized carbons (Fsp3) is 0. The summed E-state index contributed by atoms with van der Waals surface area (Å²) < 4.78 is 15.0. The Morgan fingerprint density at radius 3 is 2.67 bits per heavy atom. The summed E-state index contributed by atoms with van der Waals surface area (Å²) in [6.45, 7) is 0. The monoisotopic (exact) mass is 379 g/mol. The van der Waals surface area contributed by atoms with Gasteiger partial charge in [0.2, 0.25) is 5.06 Å². The molecule has 2 N–H and O–H groups in total. The number of hydrogen-bond donors (Lipinski definition) is 2. The van der Waals surface area contributed by atoms with Crippen LogP contribution in [0.5, 0.6) is 10.8 Å². The third-order valence-corrected chi connectivity index (χ3v) is 4.09. The Hall–Kier alpha value is -3.72. The van der Waals surface area contributed by atoms with Gasteiger partial charge in [-0.05, 0) is 36.4 Å². The van der Waals surface area contributed by atoms with Gasteiger partial charge >= 0.3 is 6.03 Å². The van der Waals surface area contributed by atoms with Crippen molar-refractivity contribution in [3.05, 3.63) is 67.4 Å². The molecule has 0 aliphatic rings. The van der Waals surface area contributed by atoms with Crippen LogP contribution in [0.15, 0.2) is 71.8 Å². The summed E-state index contributed by atoms with van der Waals surface area (Å²) >= 11 is 1.22. The van der Waals surface area contributed by atoms with Gasteiger partial charge in [-0.1, -0.05) is 6.07 Å². The second kappa shape index (κ2) is 7.67. The lowest BCUT2D eigenvalue weighted by Crippen LogP contribution is -2.19. The van der Waals surface area contributed by atoms with Crippen LogP contribution in [0, 0.1) is 0 Å². The van der Waals surface area contributed by atoms with Gasteiger partial charge in [0, 0.05) is 29.5 Å². The van der Waals surface area contributed by atoms with Crippen LogP contribution in [-0.2, 0) is 0 Å². The van der Waals surface area contributed by atoms with E-state index in [1.54, 1.807) is 54.7 Å². The van der Waals surface area contributed by atoms with Crippen molar-refractivity contribution in [2.45, 2.75) is 0 Å². The predicted molar refractivity (Wildman–Crippen MR) is 101 cm³/mol. The summed E-state index contributed by atoms with van der Waals surface area (Å²) in [5, 5.41) is 6.00. The van der Waals surface area contributed by atoms with Crippen molar-refractivity contribution in [2.75, 3.05) is 10.6 Å². The Bertz CT molecular complexity index is 1020. The fourth-order valence-electron chi connectivity index (χ4n) is 2.20. The Balaban J connectivity index is 1.35. The molecule has 0 radical (unpaired) electrons. The van der Waals surface area contributed by atoms with Crippen molar-refractivity contribution < 1.29 is 13.9 Å². The maximum absolute atomic E-state index is 12.0. The van der Waals surface area contributed by atoms with Crippen LogP contribution in [0.1, 0.15) is 0 Å². The molecule has 3 heterocycles. The summed E-state index contributed by atoms with van der Waals surface area (Å²) in [6, 6.07) is 13.7. The third kappa shape index (κ3) is 4.28. The highest BCUT2D eigenvalue weighted by Crippen LogP contribution is 2.30. The number of amides is 2. The standard InChI is InChI=1S/C18H13N5O3S/c24-18(22-16-3-1-2-8-19-16)21-12-4-6-13(7-5-12)26-17-9-14(23-27-17)15-10-25-11-20-15/h1-11H,(H2,19,21,22,24). The van der Waals surface area contributed by atoms with Gasteiger partial charge in [-0.25, -0.2) is 14.8 Å². The third-order valence-electron chi connectivity index (χ3n) is 3.42. The summed E-state index contributed by atoms with van der Waals surface area (Å²) in [5.41, 5.74) is 1.97. The van der Waals surface area contributed by atoms with Crippen molar-refractivity contribution >= 4 is 29.1 Å². The molecular formula is C18H13N5O3S. The van der Waals surface area contributed by atoms with Crippen molar-refractivity contribution in [3.63, 3.8) is 0 Å². The zero-order chi connectivity index (χ0) is 18.5. The lowest BCUT2D eigenvalue weighted by Gasteiger charge is -2.08. The number of anilines is 2. The van der Waals surface area contributed by atoms with Crippen LogP contribution in [0.25, 0.3) is 11.4 Å². The van der Waals surface area contributed by atoms with Gasteiger partial charge < -0.3 is 14.5 Å². The van der Waals surface area contributed by atoms with Gasteiger partial charge in [0.15, 0.2) is 6.39 Å². The molecule has 4 aromatic rings. The van der Waals surface area contributed by atoms with E-state index in [1.165, 1.54) is 24.2 Å². The number of benzene rings is 1. The summed E-state index contributed by atoms with van der Waals surface area (Å²) in [7, 11) is 0. The van der Waals surface area contributed by atoms with E-state index in [4.69, 9.17) is 9.15 Å². The van der Waals surface area contributed by atoms with Crippen LogP contribution in [0.3, 0.4) is 0 Å². The normalized spacial score (nSPS) is 10.4. The number of carbonyl (C=O) groups excluding carboxylic acids is 1. The van der Waals surface area contributed by atoms with Gasteiger partial charge in [-0.2, -0.15) is 4.37 Å². The zero-order valence-corrected chi connectivity index (χ0v) is 14.6. The number of aromatic nitrogens is 3. The van der Waals surface area contributed by atoms with E-state index in [0.29, 0.717) is 33.7 Å². The molecule has 0 saturated carbocycles. The maximum atomic E-state index is 12.0. The first-order valence-corrected chi connectivity index (χ1v) is 8.66. The number of nitrogens with zero attached hydrogens (tertiary/aromatic N) is 3. The molecule has 134 valence electrons. The number of nitrogens with one attached hydrogen (secondary N) is 2. The highest BCUT2D eigenvalue weighted by molar-refractivity contribution is 7.08. The van der Waals surface area contributed by atoms with Gasteiger partial charge in [0.25, 0.3) is 0 Å². The largest absolute Gasteiger partial charge is 0.451 e. The van der Waals surface area contributed by atoms with Crippen LogP contribution < -0.4 is 15.4 Å². The van der Waals surface area contributed by atoms with Crippen molar-refractivity contribution in [1.82, 2.24) is 14.3 Å². The number of pyridine rings is 1. The lowest BCUT2D eigenvalue weighted by atomic mass is 10.3. The minimum atomic E-state index is -0.373. The van der Waals surface area contributed by atoms with E-state index in [-0.39, 0.29) is 6.03 Å². The molecule has 0 aliphatic heterocycles. The second-order valence-electron chi connectivity index (χ2n) is 5.33. The van der Waals surface area contributed by atoms with Gasteiger partial charge in [0.1, 0.15) is 29.2 Å². The number of oxazole rings is 1. The number of rotatable bonds is 5. The van der Waals surface area contributed by atoms with Crippen LogP contribution >= 0.6 is 11.5 Å². The first-order valence-electron chi connectivity index (χ1n) is 7.88. The van der Waals surface area contributed by atoms with Crippen molar-refractivity contribution in [3.8, 4) is 22.2 Å². The maximum Gasteiger partial charge on any atom is 0.324 e. The Labute approximate surface area is 158 Å². The van der Waals surface area contributed by atoms with E-state index < -0.39 is 0 Å². The average Bonchev–Trinajstić information content (AvgIpc) is 3.36. The molecule has 3 aromatic heterocycles. The molecule has 0 bridgehead atoms. The predicted octanol–water partition coefficient (Wildman–Crippen LogP) is 4.63. The highest BCUT2D eigenvalue weighted by Gasteiger charge is 2.09. The van der Waals surface area contributed by atoms with E-state index >= 15 is 0 Å². The van der Waals surface area contributed by atoms with Crippen molar-refractivity contribution in [1.29, 1.82) is 0 Å². The Morgan fingerprint density at radius 2 is 1.93 bits per heavy atom. The minimum absolute atomic E-state index is 0.373. The molecule has 0 spiro atoms. The van der Waals surface area contributed by atoms with Crippen LogP contribution in [0.4, 0.5) is 16.3 Å². The first-order chi connectivity index (χ1) is 13.3. The summed E-state index contributed by atoms with van der Waals surface area (Å²) in [5.74, 6) is 1.10. The second-order valence-corrected chi connectivity index (χ2v) is 6.09. The zero-order valence-electron chi connectivity index (χ0n) is 13.8. The summed E-state index contributed by atoms with van der Waals surface area (Å²) in [6.07, 6.45) is 4.48. The van der Waals surface area contributed by atoms with Crippen LogP contribution in [0.2, 0.25) is 0 Å². The Morgan fingerprint density at radius 1 is 1.04 bits per heavy atom. The molecule has 0 fully saturated rings. The molecule has 0 unspecified atom stereocenters. The number of carbonyl (C=O) groups is 1. The molecule has 0 atom stereocenters. The topological polar surface area (TPSA) is 102 Å². The average molecular weight is 379 g/mol. The highest BCUT2D eigenvalue weighted by atomic mass is 32.1. The summed E-state index contributed by atoms with van der Waals surface area (Å²) in [4.78, 5) is 20.0. The first kappa shape index (κ1) is 16.7. The van der Waals surface area contributed by atoms with Gasteiger partial charge in [-0.15, -0.1) is 0 Å². The molecule has 8 nitrogen and oxygen atoms in total. The van der Waals surface area contributed by atoms with Crippen LogP contribution in [-0.4, -0.2) is 20.4 Å². The smallest absolute Gasteiger partial charge is 0.324 e. The molecule has 4 rings (SSSR count). The molecule has 2 amide bonds. The number of urea groups is 1. The molecule has 27 heavy (non-hydrogen) atoms. The fourth-order valence-corrected chi connectivity index (χ4v) is 2.84. The molecule has 1 aromatic carbocycles. The van der Waals surface area contributed by atoms with Gasteiger partial charge in [0.05, 0.1) is 0 Å². The van der Waals surface area contributed by atoms with E-state index in [2.05, 4.69) is 25.0 Å². The number of ether oxygens (including phenoxy) is 1. The van der Waals surface area contributed by atoms with E-state index in [9.17, 15) is 4.79 Å². The quantitative estimate of drug-likeness (QED) is 0.524. The number of hydrogen-bond acceptors (Lipinski definition) is 7. The minimum Gasteiger partial charge on any atom is -0.451 e. The SMILES string of the molecule is O=C(Nc1ccc(Oc2cc(-c3cocn3)ns2)cc1)Nc1ccccn1. The van der Waals surface area contributed by atoms with Gasteiger partial charge in [-0.3, -0.25) is 5.32 Å². The molecular weight excluding hydrogens is 366 g/mol.